The SMILES string of the molecule is COCCn1ccnc1C1CCN(Cc2noc([C@H]3CCCO3)n2)CC1. The second-order valence-corrected chi connectivity index (χ2v) is 7.07. The van der Waals surface area contributed by atoms with Crippen LogP contribution in [0, 0.1) is 0 Å². The average molecular weight is 361 g/mol. The normalized spacial score (nSPS) is 22.3. The summed E-state index contributed by atoms with van der Waals surface area (Å²) in [5, 5.41) is 4.13. The van der Waals surface area contributed by atoms with Gasteiger partial charge in [0.15, 0.2) is 5.82 Å². The molecule has 0 saturated carbocycles. The van der Waals surface area contributed by atoms with Crippen LogP contribution in [-0.2, 0) is 22.6 Å². The summed E-state index contributed by atoms with van der Waals surface area (Å²) in [5.74, 6) is 3.08. The van der Waals surface area contributed by atoms with Crippen molar-refractivity contribution in [1.29, 1.82) is 0 Å². The van der Waals surface area contributed by atoms with Gasteiger partial charge in [-0.2, -0.15) is 4.98 Å². The monoisotopic (exact) mass is 361 g/mol. The molecule has 2 aliphatic rings. The van der Waals surface area contributed by atoms with Crippen LogP contribution >= 0.6 is 0 Å². The van der Waals surface area contributed by atoms with Gasteiger partial charge in [0, 0.05) is 38.6 Å². The molecule has 0 bridgehead atoms. The molecule has 2 aliphatic heterocycles. The fourth-order valence-electron chi connectivity index (χ4n) is 3.84. The Bertz CT molecular complexity index is 687. The smallest absolute Gasteiger partial charge is 0.255 e. The number of aromatic nitrogens is 4. The third-order valence-corrected chi connectivity index (χ3v) is 5.29. The Hall–Kier alpha value is -1.77. The molecule has 2 saturated heterocycles. The van der Waals surface area contributed by atoms with E-state index in [1.54, 1.807) is 7.11 Å². The molecule has 26 heavy (non-hydrogen) atoms. The van der Waals surface area contributed by atoms with Gasteiger partial charge < -0.3 is 18.6 Å². The van der Waals surface area contributed by atoms with E-state index in [4.69, 9.17) is 14.0 Å². The Morgan fingerprint density at radius 3 is 2.92 bits per heavy atom. The number of imidazole rings is 1. The Labute approximate surface area is 153 Å². The number of nitrogens with zero attached hydrogens (tertiary/aromatic N) is 5. The van der Waals surface area contributed by atoms with Crippen molar-refractivity contribution < 1.29 is 14.0 Å². The predicted octanol–water partition coefficient (Wildman–Crippen LogP) is 2.14. The number of hydrogen-bond donors (Lipinski definition) is 0. The van der Waals surface area contributed by atoms with Crippen LogP contribution < -0.4 is 0 Å². The molecule has 1 atom stereocenters. The lowest BCUT2D eigenvalue weighted by Crippen LogP contribution is -2.33. The van der Waals surface area contributed by atoms with E-state index in [0.717, 1.165) is 64.3 Å². The Morgan fingerprint density at radius 1 is 1.27 bits per heavy atom. The first-order valence-electron chi connectivity index (χ1n) is 9.50. The lowest BCUT2D eigenvalue weighted by atomic mass is 9.96. The standard InChI is InChI=1S/C18H27N5O3/c1-24-12-10-23-9-6-19-17(23)14-4-7-22(8-5-14)13-16-20-18(26-21-16)15-3-2-11-25-15/h6,9,14-15H,2-5,7-8,10-13H2,1H3/t15-/m1/s1. The van der Waals surface area contributed by atoms with Crippen molar-refractivity contribution in [2.45, 2.75) is 50.8 Å². The highest BCUT2D eigenvalue weighted by Crippen LogP contribution is 2.29. The van der Waals surface area contributed by atoms with E-state index in [9.17, 15) is 0 Å². The average Bonchev–Trinajstić information content (AvgIpc) is 3.41. The van der Waals surface area contributed by atoms with Crippen LogP contribution in [0.5, 0.6) is 0 Å². The summed E-state index contributed by atoms with van der Waals surface area (Å²) in [5.41, 5.74) is 0. The van der Waals surface area contributed by atoms with Gasteiger partial charge in [-0.3, -0.25) is 4.90 Å². The summed E-state index contributed by atoms with van der Waals surface area (Å²) in [6.07, 6.45) is 8.17. The van der Waals surface area contributed by atoms with Crippen molar-refractivity contribution in [3.63, 3.8) is 0 Å². The van der Waals surface area contributed by atoms with Crippen molar-refractivity contribution in [2.75, 3.05) is 33.4 Å². The van der Waals surface area contributed by atoms with E-state index in [-0.39, 0.29) is 6.10 Å². The molecule has 142 valence electrons. The van der Waals surface area contributed by atoms with Gasteiger partial charge in [-0.25, -0.2) is 4.98 Å². The van der Waals surface area contributed by atoms with E-state index in [0.29, 0.717) is 18.4 Å². The molecule has 8 heteroatoms. The Kier molecular flexibility index (Phi) is 5.62. The second-order valence-electron chi connectivity index (χ2n) is 7.07. The summed E-state index contributed by atoms with van der Waals surface area (Å²) >= 11 is 0. The van der Waals surface area contributed by atoms with Gasteiger partial charge in [0.25, 0.3) is 5.89 Å². The first kappa shape index (κ1) is 17.6. The first-order valence-corrected chi connectivity index (χ1v) is 9.50. The molecule has 2 aromatic heterocycles. The quantitative estimate of drug-likeness (QED) is 0.747. The van der Waals surface area contributed by atoms with E-state index in [1.807, 2.05) is 12.4 Å². The van der Waals surface area contributed by atoms with Gasteiger partial charge in [-0.15, -0.1) is 0 Å². The van der Waals surface area contributed by atoms with Crippen molar-refractivity contribution >= 4 is 0 Å². The van der Waals surface area contributed by atoms with Crippen LogP contribution in [0.2, 0.25) is 0 Å². The van der Waals surface area contributed by atoms with Crippen LogP contribution in [0.25, 0.3) is 0 Å². The van der Waals surface area contributed by atoms with E-state index >= 15 is 0 Å². The lowest BCUT2D eigenvalue weighted by molar-refractivity contribution is 0.0835. The fourth-order valence-corrected chi connectivity index (χ4v) is 3.84. The number of rotatable bonds is 7. The molecule has 0 radical (unpaired) electrons. The van der Waals surface area contributed by atoms with Crippen LogP contribution in [-0.4, -0.2) is 58.0 Å². The van der Waals surface area contributed by atoms with Crippen LogP contribution in [0.4, 0.5) is 0 Å². The zero-order valence-electron chi connectivity index (χ0n) is 15.3. The molecular formula is C18H27N5O3. The largest absolute Gasteiger partial charge is 0.383 e. The second kappa shape index (κ2) is 8.28. The number of methoxy groups -OCH3 is 1. The summed E-state index contributed by atoms with van der Waals surface area (Å²) in [6, 6.07) is 0. The van der Waals surface area contributed by atoms with Gasteiger partial charge in [0.05, 0.1) is 13.2 Å². The first-order chi connectivity index (χ1) is 12.8. The van der Waals surface area contributed by atoms with Gasteiger partial charge in [0.2, 0.25) is 0 Å². The maximum absolute atomic E-state index is 5.61. The zero-order chi connectivity index (χ0) is 17.8. The summed E-state index contributed by atoms with van der Waals surface area (Å²) in [4.78, 5) is 11.5. The minimum absolute atomic E-state index is 0.00653. The highest BCUT2D eigenvalue weighted by Gasteiger charge is 2.27. The topological polar surface area (TPSA) is 78.4 Å². The van der Waals surface area contributed by atoms with Crippen molar-refractivity contribution in [1.82, 2.24) is 24.6 Å². The molecule has 0 unspecified atom stereocenters. The molecule has 4 rings (SSSR count). The van der Waals surface area contributed by atoms with Crippen molar-refractivity contribution in [2.24, 2.45) is 0 Å². The molecule has 2 fully saturated rings. The fraction of sp³-hybridized carbons (Fsp3) is 0.722. The maximum Gasteiger partial charge on any atom is 0.255 e. The van der Waals surface area contributed by atoms with Crippen molar-refractivity contribution in [3.05, 3.63) is 29.9 Å². The highest BCUT2D eigenvalue weighted by atomic mass is 16.5. The van der Waals surface area contributed by atoms with Crippen LogP contribution in [0.15, 0.2) is 16.9 Å². The summed E-state index contributed by atoms with van der Waals surface area (Å²) < 4.78 is 18.4. The Balaban J connectivity index is 1.29. The van der Waals surface area contributed by atoms with Gasteiger partial charge in [0.1, 0.15) is 11.9 Å². The number of ether oxygens (including phenoxy) is 2. The van der Waals surface area contributed by atoms with E-state index in [2.05, 4.69) is 24.6 Å². The molecule has 8 nitrogen and oxygen atoms in total. The van der Waals surface area contributed by atoms with Gasteiger partial charge >= 0.3 is 0 Å². The van der Waals surface area contributed by atoms with Crippen molar-refractivity contribution in [3.8, 4) is 0 Å². The minimum atomic E-state index is -0.00653. The molecule has 0 amide bonds. The maximum atomic E-state index is 5.61. The summed E-state index contributed by atoms with van der Waals surface area (Å²) in [7, 11) is 1.73. The lowest BCUT2D eigenvalue weighted by Gasteiger charge is -2.31. The number of likely N-dealkylation sites (tertiary alicyclic amines) is 1. The molecule has 0 aliphatic carbocycles. The molecule has 4 heterocycles. The summed E-state index contributed by atoms with van der Waals surface area (Å²) in [6.45, 7) is 5.14. The van der Waals surface area contributed by atoms with E-state index < -0.39 is 0 Å². The molecular weight excluding hydrogens is 334 g/mol. The molecule has 0 N–H and O–H groups in total. The number of piperidine rings is 1. The molecule has 0 spiro atoms. The van der Waals surface area contributed by atoms with Crippen LogP contribution in [0.3, 0.4) is 0 Å². The van der Waals surface area contributed by atoms with E-state index in [1.165, 1.54) is 5.82 Å². The van der Waals surface area contributed by atoms with Crippen LogP contribution in [0.1, 0.15) is 55.2 Å². The molecule has 2 aromatic rings. The predicted molar refractivity (Wildman–Crippen MR) is 93.6 cm³/mol. The Morgan fingerprint density at radius 2 is 2.15 bits per heavy atom. The third-order valence-electron chi connectivity index (χ3n) is 5.29. The third kappa shape index (κ3) is 3.97. The minimum Gasteiger partial charge on any atom is -0.383 e. The number of hydrogen-bond acceptors (Lipinski definition) is 7. The highest BCUT2D eigenvalue weighted by molar-refractivity contribution is 5.03. The van der Waals surface area contributed by atoms with Gasteiger partial charge in [-0.05, 0) is 38.8 Å². The zero-order valence-corrected chi connectivity index (χ0v) is 15.3. The van der Waals surface area contributed by atoms with Gasteiger partial charge in [-0.1, -0.05) is 5.16 Å². The molecule has 0 aromatic carbocycles.